The molecule has 0 aliphatic carbocycles. The van der Waals surface area contributed by atoms with Gasteiger partial charge in [-0.25, -0.2) is 15.0 Å². The van der Waals surface area contributed by atoms with Gasteiger partial charge in [-0.05, 0) is 25.5 Å². The molecule has 22 heavy (non-hydrogen) atoms. The summed E-state index contributed by atoms with van der Waals surface area (Å²) in [4.78, 5) is 14.2. The zero-order chi connectivity index (χ0) is 15.8. The fourth-order valence-corrected chi connectivity index (χ4v) is 2.54. The summed E-state index contributed by atoms with van der Waals surface area (Å²) in [6.07, 6.45) is 3.61. The summed E-state index contributed by atoms with van der Waals surface area (Å²) in [7, 11) is 1.61. The molecule has 0 unspecified atom stereocenters. The van der Waals surface area contributed by atoms with Crippen LogP contribution in [-0.4, -0.2) is 29.6 Å². The van der Waals surface area contributed by atoms with E-state index in [0.717, 1.165) is 23.1 Å². The first-order valence-corrected chi connectivity index (χ1v) is 7.95. The van der Waals surface area contributed by atoms with E-state index in [1.807, 2.05) is 25.3 Å². The Morgan fingerprint density at radius 1 is 1.36 bits per heavy atom. The Kier molecular flexibility index (Phi) is 6.14. The molecule has 0 bridgehead atoms. The van der Waals surface area contributed by atoms with Crippen molar-refractivity contribution in [3.63, 3.8) is 0 Å². The van der Waals surface area contributed by atoms with Gasteiger partial charge in [-0.3, -0.25) is 0 Å². The van der Waals surface area contributed by atoms with Gasteiger partial charge in [0.05, 0.1) is 20.2 Å². The predicted octanol–water partition coefficient (Wildman–Crippen LogP) is 2.11. The van der Waals surface area contributed by atoms with Crippen LogP contribution < -0.4 is 15.4 Å². The van der Waals surface area contributed by atoms with Crippen LogP contribution in [0.1, 0.15) is 22.4 Å². The first-order valence-electron chi connectivity index (χ1n) is 7.13. The lowest BCUT2D eigenvalue weighted by atomic mass is 10.3. The molecule has 7 heteroatoms. The lowest BCUT2D eigenvalue weighted by Crippen LogP contribution is -2.36. The number of rotatable bonds is 6. The average molecular weight is 319 g/mol. The Bertz CT molecular complexity index is 626. The molecule has 0 aliphatic heterocycles. The number of hydrogen-bond donors (Lipinski definition) is 2. The Morgan fingerprint density at radius 3 is 2.91 bits per heavy atom. The van der Waals surface area contributed by atoms with E-state index < -0.39 is 0 Å². The summed E-state index contributed by atoms with van der Waals surface area (Å²) in [5, 5.41) is 7.57. The van der Waals surface area contributed by atoms with Crippen LogP contribution in [0.5, 0.6) is 5.88 Å². The van der Waals surface area contributed by atoms with Crippen molar-refractivity contribution in [2.75, 3.05) is 13.7 Å². The van der Waals surface area contributed by atoms with Crippen molar-refractivity contribution in [2.24, 2.45) is 4.99 Å². The molecule has 0 atom stereocenters. The van der Waals surface area contributed by atoms with Crippen molar-refractivity contribution in [1.82, 2.24) is 20.6 Å². The Balaban J connectivity index is 1.96. The molecule has 0 aliphatic rings. The normalized spacial score (nSPS) is 11.3. The van der Waals surface area contributed by atoms with Gasteiger partial charge in [-0.2, -0.15) is 0 Å². The molecule has 0 amide bonds. The van der Waals surface area contributed by atoms with E-state index >= 15 is 0 Å². The smallest absolute Gasteiger partial charge is 0.213 e. The van der Waals surface area contributed by atoms with E-state index in [9.17, 15) is 0 Å². The number of aromatic nitrogens is 2. The van der Waals surface area contributed by atoms with Crippen molar-refractivity contribution in [3.8, 4) is 5.88 Å². The average Bonchev–Trinajstić information content (AvgIpc) is 2.96. The highest BCUT2D eigenvalue weighted by atomic mass is 32.1. The molecule has 0 radical (unpaired) electrons. The van der Waals surface area contributed by atoms with Gasteiger partial charge < -0.3 is 15.4 Å². The zero-order valence-electron chi connectivity index (χ0n) is 13.1. The van der Waals surface area contributed by atoms with E-state index in [4.69, 9.17) is 4.74 Å². The largest absolute Gasteiger partial charge is 0.481 e. The molecule has 2 aromatic rings. The molecule has 0 saturated heterocycles. The maximum Gasteiger partial charge on any atom is 0.213 e. The summed E-state index contributed by atoms with van der Waals surface area (Å²) >= 11 is 1.69. The standard InChI is InChI=1S/C15H21N5OS/c1-4-16-15(20-10-14-18-8-11(2)22-14)19-9-12-5-6-17-13(7-12)21-3/h5-8H,4,9-10H2,1-3H3,(H2,16,19,20). The van der Waals surface area contributed by atoms with E-state index in [0.29, 0.717) is 19.0 Å². The molecule has 6 nitrogen and oxygen atoms in total. The molecule has 0 aromatic carbocycles. The van der Waals surface area contributed by atoms with Gasteiger partial charge in [0.15, 0.2) is 5.96 Å². The SMILES string of the molecule is CCNC(=NCc1ccnc(OC)c1)NCc1ncc(C)s1. The van der Waals surface area contributed by atoms with Gasteiger partial charge in [0.25, 0.3) is 0 Å². The van der Waals surface area contributed by atoms with Crippen LogP contribution in [0.3, 0.4) is 0 Å². The third-order valence-electron chi connectivity index (χ3n) is 2.85. The maximum atomic E-state index is 5.12. The second-order valence-corrected chi connectivity index (χ2v) is 5.94. The van der Waals surface area contributed by atoms with Gasteiger partial charge in [-0.1, -0.05) is 0 Å². The number of nitrogens with one attached hydrogen (secondary N) is 2. The van der Waals surface area contributed by atoms with E-state index in [1.165, 1.54) is 4.88 Å². The van der Waals surface area contributed by atoms with Crippen LogP contribution in [0.2, 0.25) is 0 Å². The molecule has 2 rings (SSSR count). The molecule has 0 saturated carbocycles. The van der Waals surface area contributed by atoms with Crippen LogP contribution in [-0.2, 0) is 13.1 Å². The number of hydrogen-bond acceptors (Lipinski definition) is 5. The first-order chi connectivity index (χ1) is 10.7. The summed E-state index contributed by atoms with van der Waals surface area (Å²) in [6.45, 7) is 6.13. The first kappa shape index (κ1) is 16.2. The molecule has 2 heterocycles. The highest BCUT2D eigenvalue weighted by Gasteiger charge is 2.02. The van der Waals surface area contributed by atoms with Crippen molar-refractivity contribution < 1.29 is 4.74 Å². The molecule has 118 valence electrons. The minimum Gasteiger partial charge on any atom is -0.481 e. The third-order valence-corrected chi connectivity index (χ3v) is 3.76. The fraction of sp³-hybridized carbons (Fsp3) is 0.400. The molecule has 2 N–H and O–H groups in total. The zero-order valence-corrected chi connectivity index (χ0v) is 13.9. The Morgan fingerprint density at radius 2 is 2.23 bits per heavy atom. The van der Waals surface area contributed by atoms with Gasteiger partial charge in [0, 0.05) is 29.9 Å². The number of methoxy groups -OCH3 is 1. The van der Waals surface area contributed by atoms with E-state index in [2.05, 4.69) is 32.5 Å². The fourth-order valence-electron chi connectivity index (χ4n) is 1.82. The lowest BCUT2D eigenvalue weighted by Gasteiger charge is -2.10. The minimum atomic E-state index is 0.561. The monoisotopic (exact) mass is 319 g/mol. The van der Waals surface area contributed by atoms with Crippen molar-refractivity contribution in [2.45, 2.75) is 26.9 Å². The number of aliphatic imine (C=N–C) groups is 1. The summed E-state index contributed by atoms with van der Waals surface area (Å²) < 4.78 is 5.12. The molecule has 0 spiro atoms. The van der Waals surface area contributed by atoms with Gasteiger partial charge in [0.2, 0.25) is 5.88 Å². The number of ether oxygens (including phenoxy) is 1. The topological polar surface area (TPSA) is 71.4 Å². The van der Waals surface area contributed by atoms with E-state index in [1.54, 1.807) is 24.6 Å². The molecule has 0 fully saturated rings. The summed E-state index contributed by atoms with van der Waals surface area (Å²) in [6, 6.07) is 3.82. The van der Waals surface area contributed by atoms with Gasteiger partial charge in [0.1, 0.15) is 5.01 Å². The summed E-state index contributed by atoms with van der Waals surface area (Å²) in [5.74, 6) is 1.37. The number of nitrogens with zero attached hydrogens (tertiary/aromatic N) is 3. The maximum absolute atomic E-state index is 5.12. The number of aryl methyl sites for hydroxylation is 1. The van der Waals surface area contributed by atoms with Crippen LogP contribution in [0.4, 0.5) is 0 Å². The van der Waals surface area contributed by atoms with Gasteiger partial charge >= 0.3 is 0 Å². The van der Waals surface area contributed by atoms with Crippen molar-refractivity contribution in [3.05, 3.63) is 40.0 Å². The van der Waals surface area contributed by atoms with Crippen LogP contribution in [0.15, 0.2) is 29.5 Å². The van der Waals surface area contributed by atoms with Gasteiger partial charge in [-0.15, -0.1) is 11.3 Å². The van der Waals surface area contributed by atoms with Crippen LogP contribution in [0, 0.1) is 6.92 Å². The highest BCUT2D eigenvalue weighted by molar-refractivity contribution is 7.11. The van der Waals surface area contributed by atoms with Crippen molar-refractivity contribution >= 4 is 17.3 Å². The van der Waals surface area contributed by atoms with Crippen LogP contribution >= 0.6 is 11.3 Å². The second-order valence-electron chi connectivity index (χ2n) is 4.62. The minimum absolute atomic E-state index is 0.561. The quantitative estimate of drug-likeness (QED) is 0.630. The predicted molar refractivity (Wildman–Crippen MR) is 89.3 cm³/mol. The Hall–Kier alpha value is -2.15. The molecule has 2 aromatic heterocycles. The third kappa shape index (κ3) is 5.00. The Labute approximate surface area is 134 Å². The van der Waals surface area contributed by atoms with Crippen molar-refractivity contribution in [1.29, 1.82) is 0 Å². The highest BCUT2D eigenvalue weighted by Crippen LogP contribution is 2.11. The number of pyridine rings is 1. The summed E-state index contributed by atoms with van der Waals surface area (Å²) in [5.41, 5.74) is 1.05. The number of thiazole rings is 1. The molecular formula is C15H21N5OS. The van der Waals surface area contributed by atoms with Crippen LogP contribution in [0.25, 0.3) is 0 Å². The molecular weight excluding hydrogens is 298 g/mol. The van der Waals surface area contributed by atoms with E-state index in [-0.39, 0.29) is 0 Å². The lowest BCUT2D eigenvalue weighted by molar-refractivity contribution is 0.397. The number of guanidine groups is 1. The second kappa shape index (κ2) is 8.33.